The minimum atomic E-state index is -0.589. The molecule has 1 saturated heterocycles. The van der Waals surface area contributed by atoms with Crippen molar-refractivity contribution < 1.29 is 9.59 Å². The first-order chi connectivity index (χ1) is 9.61. The fourth-order valence-corrected chi connectivity index (χ4v) is 2.19. The van der Waals surface area contributed by atoms with Gasteiger partial charge in [-0.05, 0) is 31.0 Å². The largest absolute Gasteiger partial charge is 0.351 e. The normalized spacial score (nSPS) is 17.4. The minimum Gasteiger partial charge on any atom is -0.351 e. The smallest absolute Gasteiger partial charge is 0.315 e. The Hall–Kier alpha value is -2.75. The second-order valence-electron chi connectivity index (χ2n) is 4.50. The standard InChI is InChI=1S/C13H15N5O2/c14-8-9-3-1-4-10(7-9)16-17-12(19)11-5-2-6-18(11)13(15)20/h1,3-4,7,11,16H,2,5-6H2,(H2,15,20)(H,17,19). The highest BCUT2D eigenvalue weighted by Gasteiger charge is 2.32. The zero-order chi connectivity index (χ0) is 14.5. The first-order valence-electron chi connectivity index (χ1n) is 6.24. The lowest BCUT2D eigenvalue weighted by atomic mass is 10.2. The van der Waals surface area contributed by atoms with E-state index in [4.69, 9.17) is 11.0 Å². The fourth-order valence-electron chi connectivity index (χ4n) is 2.19. The second-order valence-corrected chi connectivity index (χ2v) is 4.50. The van der Waals surface area contributed by atoms with Crippen molar-refractivity contribution in [3.63, 3.8) is 0 Å². The third kappa shape index (κ3) is 2.98. The lowest BCUT2D eigenvalue weighted by Gasteiger charge is -2.22. The first kappa shape index (κ1) is 13.7. The minimum absolute atomic E-state index is 0.316. The molecule has 0 aromatic heterocycles. The monoisotopic (exact) mass is 273 g/mol. The van der Waals surface area contributed by atoms with E-state index in [0.717, 1.165) is 6.42 Å². The molecule has 1 aromatic carbocycles. The molecule has 1 atom stereocenters. The highest BCUT2D eigenvalue weighted by molar-refractivity contribution is 5.87. The predicted molar refractivity (Wildman–Crippen MR) is 72.2 cm³/mol. The molecule has 4 N–H and O–H groups in total. The molecule has 1 aliphatic heterocycles. The van der Waals surface area contributed by atoms with E-state index in [2.05, 4.69) is 10.9 Å². The zero-order valence-electron chi connectivity index (χ0n) is 10.8. The van der Waals surface area contributed by atoms with Crippen LogP contribution in [0, 0.1) is 11.3 Å². The van der Waals surface area contributed by atoms with Crippen LogP contribution in [0.1, 0.15) is 18.4 Å². The van der Waals surface area contributed by atoms with E-state index in [1.807, 2.05) is 6.07 Å². The van der Waals surface area contributed by atoms with Crippen LogP contribution in [0.5, 0.6) is 0 Å². The molecule has 1 fully saturated rings. The van der Waals surface area contributed by atoms with Gasteiger partial charge in [-0.15, -0.1) is 0 Å². The molecule has 3 amide bonds. The first-order valence-corrected chi connectivity index (χ1v) is 6.24. The highest BCUT2D eigenvalue weighted by atomic mass is 16.2. The molecule has 0 bridgehead atoms. The van der Waals surface area contributed by atoms with Crippen LogP contribution in [-0.4, -0.2) is 29.4 Å². The van der Waals surface area contributed by atoms with Gasteiger partial charge in [-0.25, -0.2) is 4.79 Å². The maximum atomic E-state index is 12.0. The lowest BCUT2D eigenvalue weighted by molar-refractivity contribution is -0.124. The number of hydrazine groups is 1. The summed E-state index contributed by atoms with van der Waals surface area (Å²) < 4.78 is 0. The number of carbonyl (C=O) groups excluding carboxylic acids is 2. The number of primary amides is 1. The molecule has 0 spiro atoms. The van der Waals surface area contributed by atoms with Gasteiger partial charge in [-0.3, -0.25) is 15.6 Å². The van der Waals surface area contributed by atoms with Crippen molar-refractivity contribution in [2.75, 3.05) is 12.0 Å². The predicted octanol–water partition coefficient (Wildman–Crippen LogP) is 0.544. The van der Waals surface area contributed by atoms with Gasteiger partial charge in [-0.2, -0.15) is 5.26 Å². The summed E-state index contributed by atoms with van der Waals surface area (Å²) in [6, 6.07) is 7.59. The zero-order valence-corrected chi connectivity index (χ0v) is 10.8. The topological polar surface area (TPSA) is 111 Å². The van der Waals surface area contributed by atoms with Crippen LogP contribution in [0.2, 0.25) is 0 Å². The average molecular weight is 273 g/mol. The maximum Gasteiger partial charge on any atom is 0.315 e. The molecule has 1 aromatic rings. The quantitative estimate of drug-likeness (QED) is 0.698. The van der Waals surface area contributed by atoms with E-state index >= 15 is 0 Å². The summed E-state index contributed by atoms with van der Waals surface area (Å²) in [5.41, 5.74) is 11.6. The molecule has 2 rings (SSSR count). The molecule has 7 heteroatoms. The van der Waals surface area contributed by atoms with Crippen molar-refractivity contribution in [3.05, 3.63) is 29.8 Å². The molecule has 0 aliphatic carbocycles. The Morgan fingerprint density at radius 2 is 2.25 bits per heavy atom. The van der Waals surface area contributed by atoms with Crippen LogP contribution < -0.4 is 16.6 Å². The fraction of sp³-hybridized carbons (Fsp3) is 0.308. The van der Waals surface area contributed by atoms with E-state index < -0.39 is 12.1 Å². The van der Waals surface area contributed by atoms with Crippen molar-refractivity contribution in [1.82, 2.24) is 10.3 Å². The Bertz CT molecular complexity index is 566. The molecule has 1 heterocycles. The lowest BCUT2D eigenvalue weighted by Crippen LogP contribution is -2.49. The molecule has 0 radical (unpaired) electrons. The van der Waals surface area contributed by atoms with Crippen LogP contribution in [0.15, 0.2) is 24.3 Å². The molecule has 1 unspecified atom stereocenters. The number of likely N-dealkylation sites (tertiary alicyclic amines) is 1. The van der Waals surface area contributed by atoms with Crippen LogP contribution in [-0.2, 0) is 4.79 Å². The summed E-state index contributed by atoms with van der Waals surface area (Å²) in [6.45, 7) is 0.497. The van der Waals surface area contributed by atoms with E-state index in [-0.39, 0.29) is 5.91 Å². The molecule has 20 heavy (non-hydrogen) atoms. The number of anilines is 1. The number of nitriles is 1. The summed E-state index contributed by atoms with van der Waals surface area (Å²) in [4.78, 5) is 24.5. The van der Waals surface area contributed by atoms with Gasteiger partial charge >= 0.3 is 6.03 Å². The molecular formula is C13H15N5O2. The number of hydrogen-bond donors (Lipinski definition) is 3. The Labute approximate surface area is 116 Å². The number of hydrogen-bond acceptors (Lipinski definition) is 4. The number of nitrogens with one attached hydrogen (secondary N) is 2. The molecule has 7 nitrogen and oxygen atoms in total. The molecular weight excluding hydrogens is 258 g/mol. The SMILES string of the molecule is N#Cc1cccc(NNC(=O)C2CCCN2C(N)=O)c1. The summed E-state index contributed by atoms with van der Waals surface area (Å²) >= 11 is 0. The van der Waals surface area contributed by atoms with Gasteiger partial charge < -0.3 is 10.6 Å². The summed E-state index contributed by atoms with van der Waals surface area (Å²) in [5.74, 6) is -0.316. The maximum absolute atomic E-state index is 12.0. The number of rotatable bonds is 3. The Balaban J connectivity index is 1.95. The summed E-state index contributed by atoms with van der Waals surface area (Å²) in [6.07, 6.45) is 1.35. The highest BCUT2D eigenvalue weighted by Crippen LogP contribution is 2.17. The molecule has 104 valence electrons. The molecule has 1 aliphatic rings. The Morgan fingerprint density at radius 3 is 2.95 bits per heavy atom. The van der Waals surface area contributed by atoms with Gasteiger partial charge in [0.25, 0.3) is 5.91 Å². The van der Waals surface area contributed by atoms with Crippen LogP contribution >= 0.6 is 0 Å². The van der Waals surface area contributed by atoms with Crippen molar-refractivity contribution in [2.24, 2.45) is 5.73 Å². The van der Waals surface area contributed by atoms with E-state index in [1.165, 1.54) is 4.90 Å². The average Bonchev–Trinajstić information content (AvgIpc) is 2.94. The van der Waals surface area contributed by atoms with Crippen LogP contribution in [0.3, 0.4) is 0 Å². The van der Waals surface area contributed by atoms with Crippen molar-refractivity contribution >= 4 is 17.6 Å². The number of nitrogens with zero attached hydrogens (tertiary/aromatic N) is 2. The van der Waals surface area contributed by atoms with Gasteiger partial charge in [0.1, 0.15) is 6.04 Å². The van der Waals surface area contributed by atoms with Crippen LogP contribution in [0.25, 0.3) is 0 Å². The Kier molecular flexibility index (Phi) is 4.05. The number of benzene rings is 1. The van der Waals surface area contributed by atoms with Crippen molar-refractivity contribution in [2.45, 2.75) is 18.9 Å². The molecule has 0 saturated carbocycles. The third-order valence-corrected chi connectivity index (χ3v) is 3.16. The third-order valence-electron chi connectivity index (χ3n) is 3.16. The van der Waals surface area contributed by atoms with E-state index in [0.29, 0.717) is 24.2 Å². The number of nitrogens with two attached hydrogens (primary N) is 1. The number of urea groups is 1. The Morgan fingerprint density at radius 1 is 1.45 bits per heavy atom. The second kappa shape index (κ2) is 5.93. The van der Waals surface area contributed by atoms with Gasteiger partial charge in [-0.1, -0.05) is 6.07 Å². The summed E-state index contributed by atoms with van der Waals surface area (Å²) in [7, 11) is 0. The summed E-state index contributed by atoms with van der Waals surface area (Å²) in [5, 5.41) is 8.78. The van der Waals surface area contributed by atoms with Crippen molar-refractivity contribution in [3.8, 4) is 6.07 Å². The van der Waals surface area contributed by atoms with Gasteiger partial charge in [0, 0.05) is 6.54 Å². The van der Waals surface area contributed by atoms with Crippen LogP contribution in [0.4, 0.5) is 10.5 Å². The van der Waals surface area contributed by atoms with Gasteiger partial charge in [0.2, 0.25) is 0 Å². The van der Waals surface area contributed by atoms with Gasteiger partial charge in [0.15, 0.2) is 0 Å². The number of carbonyl (C=O) groups is 2. The van der Waals surface area contributed by atoms with Gasteiger partial charge in [0.05, 0.1) is 17.3 Å². The van der Waals surface area contributed by atoms with E-state index in [9.17, 15) is 9.59 Å². The van der Waals surface area contributed by atoms with Crippen molar-refractivity contribution in [1.29, 1.82) is 5.26 Å². The number of amides is 3. The van der Waals surface area contributed by atoms with E-state index in [1.54, 1.807) is 24.3 Å².